The van der Waals surface area contributed by atoms with Crippen LogP contribution in [-0.4, -0.2) is 32.3 Å². The third-order valence-electron chi connectivity index (χ3n) is 6.36. The van der Waals surface area contributed by atoms with Gasteiger partial charge in [-0.15, -0.1) is 5.10 Å². The van der Waals surface area contributed by atoms with E-state index in [1.165, 1.54) is 37.4 Å². The van der Waals surface area contributed by atoms with E-state index >= 15 is 0 Å². The molecule has 0 bridgehead atoms. The highest BCUT2D eigenvalue weighted by atomic mass is 19.1. The van der Waals surface area contributed by atoms with Crippen LogP contribution in [0.3, 0.4) is 0 Å². The minimum absolute atomic E-state index is 0.0755. The number of hydrogen-bond acceptors (Lipinski definition) is 7. The minimum atomic E-state index is -1.65. The Morgan fingerprint density at radius 2 is 2.03 bits per heavy atom. The Balaban J connectivity index is 1.67. The molecule has 1 unspecified atom stereocenters. The highest BCUT2D eigenvalue weighted by molar-refractivity contribution is 6.10. The maximum atomic E-state index is 13.8. The topological polar surface area (TPSA) is 109 Å². The van der Waals surface area contributed by atoms with Crippen molar-refractivity contribution in [3.05, 3.63) is 77.0 Å². The van der Waals surface area contributed by atoms with E-state index in [4.69, 9.17) is 0 Å². The number of ketones is 1. The monoisotopic (exact) mass is 512 g/mol. The van der Waals surface area contributed by atoms with Gasteiger partial charge in [0, 0.05) is 29.4 Å². The highest BCUT2D eigenvalue weighted by Gasteiger charge is 2.27. The van der Waals surface area contributed by atoms with Crippen molar-refractivity contribution in [3.8, 4) is 6.07 Å². The van der Waals surface area contributed by atoms with Crippen molar-refractivity contribution >= 4 is 28.1 Å². The molecule has 1 fully saturated rings. The van der Waals surface area contributed by atoms with Gasteiger partial charge in [0.25, 0.3) is 0 Å². The summed E-state index contributed by atoms with van der Waals surface area (Å²) in [5, 5.41) is 25.6. The van der Waals surface area contributed by atoms with Crippen LogP contribution in [0.5, 0.6) is 0 Å². The number of nitriles is 1. The molecule has 2 aromatic heterocycles. The number of carbonyl (C=O) groups excluding carboxylic acids is 1. The molecule has 194 valence electrons. The Kier molecular flexibility index (Phi) is 6.24. The molecule has 1 atom stereocenters. The number of Topliss-reactive ketones (excluding diaryl/α,β-unsaturated/α-hetero) is 1. The fourth-order valence-corrected chi connectivity index (χ4v) is 4.23. The van der Waals surface area contributed by atoms with E-state index in [9.17, 15) is 15.8 Å². The largest absolute Gasteiger partial charge is 0.383 e. The van der Waals surface area contributed by atoms with E-state index in [0.717, 1.165) is 12.8 Å². The molecule has 1 aliphatic carbocycles. The van der Waals surface area contributed by atoms with E-state index in [1.54, 1.807) is 23.0 Å². The van der Waals surface area contributed by atoms with Crippen LogP contribution >= 0.6 is 0 Å². The lowest BCUT2D eigenvalue weighted by Crippen LogP contribution is -2.20. The molecular weight excluding hydrogens is 481 g/mol. The van der Waals surface area contributed by atoms with E-state index < -0.39 is 11.8 Å². The van der Waals surface area contributed by atoms with Crippen LogP contribution in [0.25, 0.3) is 10.9 Å². The summed E-state index contributed by atoms with van der Waals surface area (Å²) in [5.41, 5.74) is 2.88. The quantitative estimate of drug-likeness (QED) is 0.277. The minimum Gasteiger partial charge on any atom is -0.383 e. The first-order chi connectivity index (χ1) is 18.5. The second-order valence-corrected chi connectivity index (χ2v) is 10.9. The zero-order valence-electron chi connectivity index (χ0n) is 22.8. The second kappa shape index (κ2) is 9.86. The van der Waals surface area contributed by atoms with Gasteiger partial charge in [0.2, 0.25) is 0 Å². The van der Waals surface area contributed by atoms with Gasteiger partial charge in [-0.25, -0.2) is 9.07 Å². The SMILES string of the molecule is [2H]C(Nc1cc(C(C)=O)c2ncc(C#N)c(NCC(C)(C)C)c2c1)(c1ccc(F)cc1)c1cn(C2CC2)nn1. The predicted octanol–water partition coefficient (Wildman–Crippen LogP) is 6.03. The van der Waals surface area contributed by atoms with Gasteiger partial charge in [0.1, 0.15) is 17.6 Å². The van der Waals surface area contributed by atoms with Crippen LogP contribution in [0, 0.1) is 22.6 Å². The average Bonchev–Trinajstić information content (AvgIpc) is 3.62. The van der Waals surface area contributed by atoms with E-state index in [0.29, 0.717) is 51.2 Å². The van der Waals surface area contributed by atoms with Crippen LogP contribution in [0.15, 0.2) is 48.8 Å². The lowest BCUT2D eigenvalue weighted by Gasteiger charge is -2.23. The van der Waals surface area contributed by atoms with Crippen molar-refractivity contribution in [1.29, 1.82) is 5.26 Å². The Bertz CT molecular complexity index is 1600. The molecule has 1 aliphatic rings. The van der Waals surface area contributed by atoms with Crippen LogP contribution < -0.4 is 10.6 Å². The lowest BCUT2D eigenvalue weighted by molar-refractivity contribution is 0.101. The molecule has 38 heavy (non-hydrogen) atoms. The number of nitrogens with one attached hydrogen (secondary N) is 2. The van der Waals surface area contributed by atoms with Gasteiger partial charge in [0.15, 0.2) is 5.78 Å². The maximum absolute atomic E-state index is 13.8. The summed E-state index contributed by atoms with van der Waals surface area (Å²) < 4.78 is 25.1. The number of carbonyl (C=O) groups is 1. The number of rotatable bonds is 8. The molecule has 2 heterocycles. The third kappa shape index (κ3) is 5.35. The molecule has 0 radical (unpaired) electrons. The first-order valence-corrected chi connectivity index (χ1v) is 12.6. The summed E-state index contributed by atoms with van der Waals surface area (Å²) in [6.45, 7) is 8.27. The number of nitrogens with zero attached hydrogens (tertiary/aromatic N) is 5. The Labute approximate surface area is 222 Å². The maximum Gasteiger partial charge on any atom is 0.162 e. The molecule has 5 rings (SSSR count). The van der Waals surface area contributed by atoms with Crippen LogP contribution in [0.1, 0.15) is 81.1 Å². The summed E-state index contributed by atoms with van der Waals surface area (Å²) in [5.74, 6) is -0.628. The smallest absolute Gasteiger partial charge is 0.162 e. The van der Waals surface area contributed by atoms with Gasteiger partial charge in [0.05, 0.1) is 36.4 Å². The standard InChI is InChI=1S/C29H30FN7O/c1-17(38)23-11-21(12-24-26(33-16-29(2,3)4)19(13-31)14-32-28(23)24)34-27(18-5-7-20(30)8-6-18)25-15-37(36-35-25)22-9-10-22/h5-8,11-12,14-15,22,27,34H,9-10,16H2,1-4H3,(H,32,33)/i27D. The molecular formula is C29H30FN7O. The molecule has 1 saturated carbocycles. The Morgan fingerprint density at radius 1 is 1.29 bits per heavy atom. The predicted molar refractivity (Wildman–Crippen MR) is 145 cm³/mol. The van der Waals surface area contributed by atoms with Crippen molar-refractivity contribution in [2.75, 3.05) is 17.2 Å². The number of hydrogen-bond donors (Lipinski definition) is 2. The second-order valence-electron chi connectivity index (χ2n) is 10.9. The van der Waals surface area contributed by atoms with Gasteiger partial charge in [-0.2, -0.15) is 5.26 Å². The number of aromatic nitrogens is 4. The first-order valence-electron chi connectivity index (χ1n) is 13.1. The van der Waals surface area contributed by atoms with Gasteiger partial charge >= 0.3 is 0 Å². The summed E-state index contributed by atoms with van der Waals surface area (Å²) in [6, 6.07) is 9.89. The molecule has 0 saturated heterocycles. The Morgan fingerprint density at radius 3 is 2.66 bits per heavy atom. The summed E-state index contributed by atoms with van der Waals surface area (Å²) in [6.07, 6.45) is 5.21. The zero-order chi connectivity index (χ0) is 27.9. The third-order valence-corrected chi connectivity index (χ3v) is 6.36. The molecule has 0 spiro atoms. The number of anilines is 2. The van der Waals surface area contributed by atoms with Crippen molar-refractivity contribution in [1.82, 2.24) is 20.0 Å². The van der Waals surface area contributed by atoms with Crippen molar-refractivity contribution in [2.45, 2.75) is 52.6 Å². The molecule has 4 aromatic rings. The number of fused-ring (bicyclic) bond motifs is 1. The first kappa shape index (κ1) is 24.0. The van der Waals surface area contributed by atoms with Crippen molar-refractivity contribution < 1.29 is 10.6 Å². The van der Waals surface area contributed by atoms with Gasteiger partial charge < -0.3 is 10.6 Å². The summed E-state index contributed by atoms with van der Waals surface area (Å²) >= 11 is 0. The zero-order valence-corrected chi connectivity index (χ0v) is 21.8. The number of halogens is 1. The van der Waals surface area contributed by atoms with E-state index in [-0.39, 0.29) is 17.2 Å². The van der Waals surface area contributed by atoms with Gasteiger partial charge in [-0.3, -0.25) is 9.78 Å². The lowest BCUT2D eigenvalue weighted by atomic mass is 9.96. The summed E-state index contributed by atoms with van der Waals surface area (Å²) in [4.78, 5) is 17.2. The van der Waals surface area contributed by atoms with Gasteiger partial charge in [-0.05, 0) is 55.0 Å². The molecule has 8 nitrogen and oxygen atoms in total. The normalized spacial score (nSPS) is 15.4. The molecule has 0 aliphatic heterocycles. The number of pyridine rings is 1. The van der Waals surface area contributed by atoms with E-state index in [1.807, 2.05) is 0 Å². The van der Waals surface area contributed by atoms with Crippen molar-refractivity contribution in [3.63, 3.8) is 0 Å². The molecule has 9 heteroatoms. The highest BCUT2D eigenvalue weighted by Crippen LogP contribution is 2.36. The molecule has 2 N–H and O–H groups in total. The average molecular weight is 513 g/mol. The van der Waals surface area contributed by atoms with Crippen molar-refractivity contribution in [2.24, 2.45) is 5.41 Å². The fourth-order valence-electron chi connectivity index (χ4n) is 4.23. The molecule has 0 amide bonds. The molecule has 2 aromatic carbocycles. The Hall–Kier alpha value is -4.32. The number of benzene rings is 2. The van der Waals surface area contributed by atoms with Gasteiger partial charge in [-0.1, -0.05) is 38.1 Å². The van der Waals surface area contributed by atoms with E-state index in [2.05, 4.69) is 52.8 Å². The van der Waals surface area contributed by atoms with Crippen LogP contribution in [0.2, 0.25) is 0 Å². The van der Waals surface area contributed by atoms with Crippen LogP contribution in [-0.2, 0) is 0 Å². The fraction of sp³-hybridized carbons (Fsp3) is 0.345. The van der Waals surface area contributed by atoms with Crippen LogP contribution in [0.4, 0.5) is 15.8 Å². The summed E-state index contributed by atoms with van der Waals surface area (Å²) in [7, 11) is 0.